The van der Waals surface area contributed by atoms with Gasteiger partial charge in [0.1, 0.15) is 11.5 Å². The highest BCUT2D eigenvalue weighted by Crippen LogP contribution is 2.19. The summed E-state index contributed by atoms with van der Waals surface area (Å²) in [4.78, 5) is 24.0. The van der Waals surface area contributed by atoms with Gasteiger partial charge in [-0.3, -0.25) is 10.1 Å². The van der Waals surface area contributed by atoms with Gasteiger partial charge in [0.05, 0.1) is 12.8 Å². The first-order valence-corrected chi connectivity index (χ1v) is 9.07. The highest BCUT2D eigenvalue weighted by Gasteiger charge is 2.34. The van der Waals surface area contributed by atoms with E-state index in [-0.39, 0.29) is 11.8 Å². The van der Waals surface area contributed by atoms with Crippen LogP contribution in [0.1, 0.15) is 6.92 Å². The first kappa shape index (κ1) is 19.0. The Bertz CT molecular complexity index is 936. The van der Waals surface area contributed by atoms with E-state index in [1.54, 1.807) is 38.3 Å². The molecule has 3 rings (SSSR count). The zero-order valence-corrected chi connectivity index (χ0v) is 16.7. The Balaban J connectivity index is 1.94. The highest BCUT2D eigenvalue weighted by atomic mass is 127. The van der Waals surface area contributed by atoms with Gasteiger partial charge in [-0.15, -0.1) is 0 Å². The number of methoxy groups -OCH3 is 1. The summed E-state index contributed by atoms with van der Waals surface area (Å²) in [6, 6.07) is 13.4. The van der Waals surface area contributed by atoms with Crippen LogP contribution in [-0.2, 0) is 0 Å². The Kier molecular flexibility index (Phi) is 5.79. The van der Waals surface area contributed by atoms with Gasteiger partial charge >= 0.3 is 6.04 Å². The van der Waals surface area contributed by atoms with Crippen molar-refractivity contribution in [1.29, 1.82) is 0 Å². The molecule has 0 amide bonds. The second-order valence-electron chi connectivity index (χ2n) is 5.68. The van der Waals surface area contributed by atoms with E-state index in [1.807, 2.05) is 24.3 Å². The molecule has 0 unspecified atom stereocenters. The quantitative estimate of drug-likeness (QED) is 0.410. The number of amidine groups is 1. The number of hydrogen-bond donors (Lipinski definition) is 1. The molecule has 27 heavy (non-hydrogen) atoms. The standard InChI is InChI=1S/C18H16IN5O3/c1-11-16(24(25)26)17(21-13-7-9-15(27-2)10-8-13)23-18(20-11)22-14-5-3-12(19)4-6-14/h3-10,16H,1-2H3,(H,21,22,23)/t16-/m0/s1. The fourth-order valence-corrected chi connectivity index (χ4v) is 2.82. The number of guanidine groups is 1. The predicted octanol–water partition coefficient (Wildman–Crippen LogP) is 3.92. The molecule has 1 heterocycles. The van der Waals surface area contributed by atoms with Gasteiger partial charge in [0.15, 0.2) is 5.84 Å². The van der Waals surface area contributed by atoms with Gasteiger partial charge in [-0.2, -0.15) is 4.99 Å². The van der Waals surface area contributed by atoms with Crippen LogP contribution < -0.4 is 10.1 Å². The summed E-state index contributed by atoms with van der Waals surface area (Å²) < 4.78 is 6.20. The SMILES string of the molecule is COc1ccc(NC2=NC(=Nc3ccc(I)cc3)N=C(C)[C@@H]2[N+](=O)[O-])cc1. The molecule has 0 radical (unpaired) electrons. The minimum Gasteiger partial charge on any atom is -0.497 e. The highest BCUT2D eigenvalue weighted by molar-refractivity contribution is 14.1. The smallest absolute Gasteiger partial charge is 0.307 e. The number of nitrogens with one attached hydrogen (secondary N) is 1. The van der Waals surface area contributed by atoms with Crippen molar-refractivity contribution in [1.82, 2.24) is 0 Å². The number of anilines is 1. The lowest BCUT2D eigenvalue weighted by molar-refractivity contribution is -0.484. The van der Waals surface area contributed by atoms with Crippen LogP contribution >= 0.6 is 22.6 Å². The van der Waals surface area contributed by atoms with Crippen molar-refractivity contribution in [3.8, 4) is 5.75 Å². The van der Waals surface area contributed by atoms with Crippen LogP contribution in [0.25, 0.3) is 0 Å². The fourth-order valence-electron chi connectivity index (χ4n) is 2.46. The third kappa shape index (κ3) is 4.67. The van der Waals surface area contributed by atoms with Gasteiger partial charge in [-0.25, -0.2) is 9.98 Å². The molecule has 2 aromatic carbocycles. The number of ether oxygens (including phenoxy) is 1. The van der Waals surface area contributed by atoms with Crippen LogP contribution in [0, 0.1) is 13.7 Å². The van der Waals surface area contributed by atoms with Gasteiger partial charge < -0.3 is 10.1 Å². The third-order valence-corrected chi connectivity index (χ3v) is 4.50. The molecule has 1 atom stereocenters. The molecule has 0 saturated heterocycles. The molecule has 9 heteroatoms. The van der Waals surface area contributed by atoms with Crippen LogP contribution in [0.3, 0.4) is 0 Å². The van der Waals surface area contributed by atoms with Crippen LogP contribution in [0.5, 0.6) is 5.75 Å². The topological polar surface area (TPSA) is 101 Å². The van der Waals surface area contributed by atoms with Gasteiger partial charge in [0.2, 0.25) is 0 Å². The summed E-state index contributed by atoms with van der Waals surface area (Å²) in [6.07, 6.45) is 0. The van der Waals surface area contributed by atoms with Crippen molar-refractivity contribution in [2.75, 3.05) is 12.4 Å². The number of hydrogen-bond acceptors (Lipinski definition) is 5. The van der Waals surface area contributed by atoms with E-state index in [4.69, 9.17) is 4.74 Å². The predicted molar refractivity (Wildman–Crippen MR) is 114 cm³/mol. The lowest BCUT2D eigenvalue weighted by atomic mass is 10.1. The van der Waals surface area contributed by atoms with Gasteiger partial charge in [0.25, 0.3) is 5.96 Å². The number of halogens is 1. The Morgan fingerprint density at radius 1 is 1.15 bits per heavy atom. The molecular formula is C18H16IN5O3. The van der Waals surface area contributed by atoms with Crippen LogP contribution in [-0.4, -0.2) is 35.6 Å². The minimum atomic E-state index is -1.15. The van der Waals surface area contributed by atoms with Gasteiger partial charge in [-0.1, -0.05) is 0 Å². The Morgan fingerprint density at radius 2 is 1.81 bits per heavy atom. The molecule has 138 valence electrons. The molecule has 0 bridgehead atoms. The van der Waals surface area contributed by atoms with Crippen molar-refractivity contribution >= 4 is 51.5 Å². The first-order chi connectivity index (χ1) is 13.0. The van der Waals surface area contributed by atoms with E-state index in [0.29, 0.717) is 22.8 Å². The van der Waals surface area contributed by atoms with E-state index in [1.165, 1.54) is 0 Å². The summed E-state index contributed by atoms with van der Waals surface area (Å²) in [6.45, 7) is 1.60. The average Bonchev–Trinajstić information content (AvgIpc) is 2.63. The maximum atomic E-state index is 11.5. The molecule has 0 aromatic heterocycles. The lowest BCUT2D eigenvalue weighted by Gasteiger charge is -2.18. The van der Waals surface area contributed by atoms with Crippen LogP contribution in [0.15, 0.2) is 63.5 Å². The molecule has 1 N–H and O–H groups in total. The maximum Gasteiger partial charge on any atom is 0.307 e. The summed E-state index contributed by atoms with van der Waals surface area (Å²) >= 11 is 2.20. The summed E-state index contributed by atoms with van der Waals surface area (Å²) in [5, 5.41) is 14.5. The Morgan fingerprint density at radius 3 is 2.41 bits per heavy atom. The monoisotopic (exact) mass is 477 g/mol. The summed E-state index contributed by atoms with van der Waals surface area (Å²) in [5.74, 6) is 1.03. The largest absolute Gasteiger partial charge is 0.497 e. The molecule has 1 aliphatic heterocycles. The average molecular weight is 477 g/mol. The van der Waals surface area contributed by atoms with E-state index < -0.39 is 11.0 Å². The molecule has 0 aliphatic carbocycles. The van der Waals surface area contributed by atoms with Crippen molar-refractivity contribution in [3.63, 3.8) is 0 Å². The Hall–Kier alpha value is -2.82. The van der Waals surface area contributed by atoms with Crippen molar-refractivity contribution in [2.24, 2.45) is 15.0 Å². The van der Waals surface area contributed by atoms with Gasteiger partial charge in [0, 0.05) is 14.2 Å². The number of rotatable bonds is 4. The Labute approximate surface area is 169 Å². The van der Waals surface area contributed by atoms with Gasteiger partial charge in [-0.05, 0) is 78.0 Å². The van der Waals surface area contributed by atoms with E-state index in [0.717, 1.165) is 3.57 Å². The van der Waals surface area contributed by atoms with Crippen LogP contribution in [0.4, 0.5) is 11.4 Å². The molecule has 0 saturated carbocycles. The number of nitrogens with zero attached hydrogens (tertiary/aromatic N) is 4. The van der Waals surface area contributed by atoms with Crippen molar-refractivity contribution < 1.29 is 9.66 Å². The number of nitro groups is 1. The molecule has 0 spiro atoms. The number of benzene rings is 2. The zero-order valence-electron chi connectivity index (χ0n) is 14.6. The second kappa shape index (κ2) is 8.25. The van der Waals surface area contributed by atoms with Crippen LogP contribution in [0.2, 0.25) is 0 Å². The minimum absolute atomic E-state index is 0.168. The molecule has 8 nitrogen and oxygen atoms in total. The normalized spacial score (nSPS) is 17.9. The summed E-state index contributed by atoms with van der Waals surface area (Å²) in [7, 11) is 1.57. The fraction of sp³-hybridized carbons (Fsp3) is 0.167. The second-order valence-corrected chi connectivity index (χ2v) is 6.93. The van der Waals surface area contributed by atoms with Crippen molar-refractivity contribution in [3.05, 3.63) is 62.2 Å². The molecule has 2 aromatic rings. The maximum absolute atomic E-state index is 11.5. The van der Waals surface area contributed by atoms with E-state index >= 15 is 0 Å². The molecule has 1 aliphatic rings. The first-order valence-electron chi connectivity index (χ1n) is 7.99. The van der Waals surface area contributed by atoms with E-state index in [2.05, 4.69) is 42.9 Å². The summed E-state index contributed by atoms with van der Waals surface area (Å²) in [5.41, 5.74) is 1.65. The third-order valence-electron chi connectivity index (χ3n) is 3.78. The van der Waals surface area contributed by atoms with Crippen molar-refractivity contribution in [2.45, 2.75) is 13.0 Å². The molecule has 0 fully saturated rings. The van der Waals surface area contributed by atoms with E-state index in [9.17, 15) is 10.1 Å². The lowest BCUT2D eigenvalue weighted by Crippen LogP contribution is -2.43. The zero-order chi connectivity index (χ0) is 19.4. The number of aliphatic imine (C=N–C) groups is 3. The molecular weight excluding hydrogens is 461 g/mol.